The van der Waals surface area contributed by atoms with Crippen molar-refractivity contribution in [1.29, 1.82) is 0 Å². The summed E-state index contributed by atoms with van der Waals surface area (Å²) in [5, 5.41) is 4.46. The van der Waals surface area contributed by atoms with Gasteiger partial charge in [-0.25, -0.2) is 4.79 Å². The third-order valence-electron chi connectivity index (χ3n) is 1.99. The number of thiophene rings is 1. The van der Waals surface area contributed by atoms with Crippen LogP contribution < -0.4 is 5.32 Å². The molecule has 4 nitrogen and oxygen atoms in total. The minimum atomic E-state index is -0.557. The van der Waals surface area contributed by atoms with Crippen LogP contribution in [0.2, 0.25) is 0 Å². The van der Waals surface area contributed by atoms with Crippen LogP contribution in [0, 0.1) is 6.92 Å². The minimum absolute atomic E-state index is 0.00581. The van der Waals surface area contributed by atoms with Gasteiger partial charge in [0.2, 0.25) is 0 Å². The van der Waals surface area contributed by atoms with Gasteiger partial charge in [-0.3, -0.25) is 4.79 Å². The van der Waals surface area contributed by atoms with E-state index in [0.29, 0.717) is 6.42 Å². The van der Waals surface area contributed by atoms with Crippen molar-refractivity contribution in [2.45, 2.75) is 39.7 Å². The van der Waals surface area contributed by atoms with Crippen molar-refractivity contribution in [2.75, 3.05) is 6.54 Å². The Morgan fingerprint density at radius 2 is 2.06 bits per heavy atom. The lowest BCUT2D eigenvalue weighted by Crippen LogP contribution is -2.35. The highest BCUT2D eigenvalue weighted by Crippen LogP contribution is 2.14. The zero-order chi connectivity index (χ0) is 13.8. The van der Waals surface area contributed by atoms with Gasteiger partial charge in [0.1, 0.15) is 5.60 Å². The standard InChI is InChI=1S/C13H19NO3S/c1-9-5-11(18-8-9)6-10(15)7-14-12(16)17-13(2,3)4/h5,8H,6-7H2,1-4H3,(H,14,16). The quantitative estimate of drug-likeness (QED) is 0.914. The summed E-state index contributed by atoms with van der Waals surface area (Å²) in [7, 11) is 0. The van der Waals surface area contributed by atoms with Crippen LogP contribution in [0.4, 0.5) is 4.79 Å². The Morgan fingerprint density at radius 3 is 2.56 bits per heavy atom. The first-order valence-electron chi connectivity index (χ1n) is 5.79. The first kappa shape index (κ1) is 14.7. The van der Waals surface area contributed by atoms with Crippen molar-refractivity contribution in [2.24, 2.45) is 0 Å². The monoisotopic (exact) mass is 269 g/mol. The molecule has 0 atom stereocenters. The van der Waals surface area contributed by atoms with Crippen molar-refractivity contribution in [3.63, 3.8) is 0 Å². The number of alkyl carbamates (subject to hydrolysis) is 1. The molecule has 0 radical (unpaired) electrons. The fourth-order valence-corrected chi connectivity index (χ4v) is 2.23. The van der Waals surface area contributed by atoms with Gasteiger partial charge in [-0.05, 0) is 44.7 Å². The summed E-state index contributed by atoms with van der Waals surface area (Å²) in [6.45, 7) is 7.34. The van der Waals surface area contributed by atoms with E-state index in [4.69, 9.17) is 4.74 Å². The molecule has 0 unspecified atom stereocenters. The molecule has 1 N–H and O–H groups in total. The van der Waals surface area contributed by atoms with Crippen molar-refractivity contribution < 1.29 is 14.3 Å². The molecular weight excluding hydrogens is 250 g/mol. The SMILES string of the molecule is Cc1csc(CC(=O)CNC(=O)OC(C)(C)C)c1. The maximum Gasteiger partial charge on any atom is 0.408 e. The van der Waals surface area contributed by atoms with E-state index in [-0.39, 0.29) is 12.3 Å². The zero-order valence-electron chi connectivity index (χ0n) is 11.2. The Bertz CT molecular complexity index is 432. The van der Waals surface area contributed by atoms with E-state index in [1.807, 2.05) is 18.4 Å². The van der Waals surface area contributed by atoms with Crippen molar-refractivity contribution in [3.05, 3.63) is 21.9 Å². The molecule has 1 amide bonds. The third-order valence-corrected chi connectivity index (χ3v) is 3.04. The number of rotatable bonds is 4. The maximum absolute atomic E-state index is 11.6. The van der Waals surface area contributed by atoms with E-state index < -0.39 is 11.7 Å². The Hall–Kier alpha value is -1.36. The number of ether oxygens (including phenoxy) is 1. The lowest BCUT2D eigenvalue weighted by Gasteiger charge is -2.19. The highest BCUT2D eigenvalue weighted by Gasteiger charge is 2.16. The molecule has 1 heterocycles. The van der Waals surface area contributed by atoms with E-state index in [9.17, 15) is 9.59 Å². The van der Waals surface area contributed by atoms with Gasteiger partial charge in [0, 0.05) is 11.3 Å². The second-order valence-electron chi connectivity index (χ2n) is 5.16. The molecule has 0 aromatic carbocycles. The predicted molar refractivity (Wildman–Crippen MR) is 72.0 cm³/mol. The van der Waals surface area contributed by atoms with Gasteiger partial charge in [0.05, 0.1) is 6.54 Å². The lowest BCUT2D eigenvalue weighted by molar-refractivity contribution is -0.117. The molecule has 0 spiro atoms. The topological polar surface area (TPSA) is 55.4 Å². The number of hydrogen-bond donors (Lipinski definition) is 1. The van der Waals surface area contributed by atoms with Gasteiger partial charge in [-0.15, -0.1) is 11.3 Å². The molecule has 0 saturated carbocycles. The summed E-state index contributed by atoms with van der Waals surface area (Å²) in [6.07, 6.45) is -0.202. The molecule has 0 saturated heterocycles. The molecule has 1 aromatic heterocycles. The Labute approximate surface area is 111 Å². The average molecular weight is 269 g/mol. The van der Waals surface area contributed by atoms with Crippen LogP contribution >= 0.6 is 11.3 Å². The van der Waals surface area contributed by atoms with Gasteiger partial charge in [0.15, 0.2) is 5.78 Å². The molecule has 0 bridgehead atoms. The van der Waals surface area contributed by atoms with E-state index in [1.165, 1.54) is 0 Å². The average Bonchev–Trinajstić information content (AvgIpc) is 2.58. The van der Waals surface area contributed by atoms with Crippen LogP contribution in [0.25, 0.3) is 0 Å². The first-order chi connectivity index (χ1) is 8.26. The van der Waals surface area contributed by atoms with Crippen molar-refractivity contribution in [1.82, 2.24) is 5.32 Å². The Balaban J connectivity index is 2.31. The number of aryl methyl sites for hydroxylation is 1. The minimum Gasteiger partial charge on any atom is -0.444 e. The van der Waals surface area contributed by atoms with Crippen molar-refractivity contribution >= 4 is 23.2 Å². The number of nitrogens with one attached hydrogen (secondary N) is 1. The van der Waals surface area contributed by atoms with E-state index in [0.717, 1.165) is 10.4 Å². The Morgan fingerprint density at radius 1 is 1.39 bits per heavy atom. The normalized spacial score (nSPS) is 11.1. The van der Waals surface area contributed by atoms with Crippen LogP contribution in [0.3, 0.4) is 0 Å². The van der Waals surface area contributed by atoms with E-state index in [2.05, 4.69) is 5.32 Å². The Kier molecular flexibility index (Phi) is 4.90. The molecule has 0 aliphatic rings. The van der Waals surface area contributed by atoms with E-state index in [1.54, 1.807) is 32.1 Å². The number of Topliss-reactive ketones (excluding diaryl/α,β-unsaturated/α-hetero) is 1. The van der Waals surface area contributed by atoms with Gasteiger partial charge in [-0.1, -0.05) is 0 Å². The summed E-state index contributed by atoms with van der Waals surface area (Å²) >= 11 is 1.56. The highest BCUT2D eigenvalue weighted by atomic mass is 32.1. The van der Waals surface area contributed by atoms with Crippen LogP contribution in [-0.2, 0) is 16.0 Å². The van der Waals surface area contributed by atoms with Gasteiger partial charge >= 0.3 is 6.09 Å². The first-order valence-corrected chi connectivity index (χ1v) is 6.67. The van der Waals surface area contributed by atoms with E-state index >= 15 is 0 Å². The van der Waals surface area contributed by atoms with Crippen LogP contribution in [0.1, 0.15) is 31.2 Å². The zero-order valence-corrected chi connectivity index (χ0v) is 12.0. The molecular formula is C13H19NO3S. The number of hydrogen-bond acceptors (Lipinski definition) is 4. The highest BCUT2D eigenvalue weighted by molar-refractivity contribution is 7.10. The summed E-state index contributed by atoms with van der Waals surface area (Å²) in [4.78, 5) is 24.0. The molecule has 100 valence electrons. The molecule has 0 aliphatic carbocycles. The third kappa shape index (κ3) is 5.82. The second-order valence-corrected chi connectivity index (χ2v) is 6.16. The smallest absolute Gasteiger partial charge is 0.408 e. The fraction of sp³-hybridized carbons (Fsp3) is 0.538. The number of carbonyl (C=O) groups is 2. The number of ketones is 1. The second kappa shape index (κ2) is 6.00. The van der Waals surface area contributed by atoms with Gasteiger partial charge < -0.3 is 10.1 Å². The van der Waals surface area contributed by atoms with Crippen LogP contribution in [0.15, 0.2) is 11.4 Å². The molecule has 1 rings (SSSR count). The number of amides is 1. The van der Waals surface area contributed by atoms with Crippen molar-refractivity contribution in [3.8, 4) is 0 Å². The summed E-state index contributed by atoms with van der Waals surface area (Å²) in [5.74, 6) is -0.0253. The number of carbonyl (C=O) groups excluding carboxylic acids is 2. The summed E-state index contributed by atoms with van der Waals surface area (Å²) < 4.78 is 5.04. The molecule has 1 aromatic rings. The molecule has 0 fully saturated rings. The molecule has 5 heteroatoms. The molecule has 18 heavy (non-hydrogen) atoms. The molecule has 0 aliphatic heterocycles. The fourth-order valence-electron chi connectivity index (χ4n) is 1.33. The maximum atomic E-state index is 11.6. The summed E-state index contributed by atoms with van der Waals surface area (Å²) in [6, 6.07) is 1.98. The van der Waals surface area contributed by atoms with Gasteiger partial charge in [-0.2, -0.15) is 0 Å². The predicted octanol–water partition coefficient (Wildman–Crippen LogP) is 2.69. The van der Waals surface area contributed by atoms with Crippen LogP contribution in [0.5, 0.6) is 0 Å². The lowest BCUT2D eigenvalue weighted by atomic mass is 10.2. The van der Waals surface area contributed by atoms with Gasteiger partial charge in [0.25, 0.3) is 0 Å². The largest absolute Gasteiger partial charge is 0.444 e. The van der Waals surface area contributed by atoms with Crippen LogP contribution in [-0.4, -0.2) is 24.0 Å². The summed E-state index contributed by atoms with van der Waals surface area (Å²) in [5.41, 5.74) is 0.612.